The normalized spacial score (nSPS) is 11.6. The van der Waals surface area contributed by atoms with E-state index >= 15 is 0 Å². The molecular formula is C57H35N3O. The van der Waals surface area contributed by atoms with E-state index in [0.717, 1.165) is 71.7 Å². The third kappa shape index (κ3) is 6.12. The van der Waals surface area contributed by atoms with Gasteiger partial charge in [0, 0.05) is 21.9 Å². The van der Waals surface area contributed by atoms with E-state index < -0.39 is 0 Å². The van der Waals surface area contributed by atoms with Crippen LogP contribution in [0.1, 0.15) is 0 Å². The lowest BCUT2D eigenvalue weighted by Crippen LogP contribution is -2.02. The van der Waals surface area contributed by atoms with Crippen LogP contribution in [0.3, 0.4) is 0 Å². The van der Waals surface area contributed by atoms with E-state index in [1.54, 1.807) is 0 Å². The molecule has 0 saturated heterocycles. The van der Waals surface area contributed by atoms with E-state index in [1.807, 2.05) is 24.3 Å². The Hall–Kier alpha value is -8.21. The third-order valence-electron chi connectivity index (χ3n) is 11.9. The van der Waals surface area contributed by atoms with Gasteiger partial charge < -0.3 is 4.42 Å². The van der Waals surface area contributed by atoms with Crippen LogP contribution in [-0.4, -0.2) is 15.0 Å². The summed E-state index contributed by atoms with van der Waals surface area (Å²) in [6.45, 7) is 0. The van der Waals surface area contributed by atoms with Crippen molar-refractivity contribution < 1.29 is 4.42 Å². The van der Waals surface area contributed by atoms with Crippen LogP contribution in [0.4, 0.5) is 0 Å². The van der Waals surface area contributed by atoms with Gasteiger partial charge in [-0.25, -0.2) is 15.0 Å². The Morgan fingerprint density at radius 2 is 0.820 bits per heavy atom. The van der Waals surface area contributed by atoms with Crippen LogP contribution >= 0.6 is 0 Å². The highest BCUT2D eigenvalue weighted by Crippen LogP contribution is 2.41. The SMILES string of the molecule is c1ccc(-c2ccc3ccc(-c4ccc(-c5nc(-c6c(-c7ccc8ccccc8c7)ccc7ccccc67)nc(-c6cccc7c6oc6ccccc67)n5)cc4)cc3c2)cc1. The van der Waals surface area contributed by atoms with Gasteiger partial charge in [-0.1, -0.05) is 182 Å². The predicted octanol–water partition coefficient (Wildman–Crippen LogP) is 15.2. The van der Waals surface area contributed by atoms with E-state index in [1.165, 1.54) is 32.7 Å². The summed E-state index contributed by atoms with van der Waals surface area (Å²) < 4.78 is 6.56. The first kappa shape index (κ1) is 34.8. The van der Waals surface area contributed by atoms with E-state index in [2.05, 4.69) is 188 Å². The number of fused-ring (bicyclic) bond motifs is 6. The number of rotatable bonds is 6. The number of nitrogens with zero attached hydrogens (tertiary/aromatic N) is 3. The molecule has 0 aliphatic carbocycles. The maximum atomic E-state index is 6.56. The van der Waals surface area contributed by atoms with E-state index in [0.29, 0.717) is 17.5 Å². The molecule has 0 radical (unpaired) electrons. The van der Waals surface area contributed by atoms with Crippen molar-refractivity contribution in [1.82, 2.24) is 15.0 Å². The van der Waals surface area contributed by atoms with Gasteiger partial charge in [-0.05, 0) is 96.0 Å². The first-order chi connectivity index (χ1) is 30.2. The summed E-state index contributed by atoms with van der Waals surface area (Å²) in [5.74, 6) is 1.74. The molecule has 0 fully saturated rings. The lowest BCUT2D eigenvalue weighted by Gasteiger charge is -2.15. The summed E-state index contributed by atoms with van der Waals surface area (Å²) in [5.41, 5.74) is 11.1. The van der Waals surface area contributed by atoms with Crippen LogP contribution in [0.25, 0.3) is 122 Å². The molecule has 0 aliphatic rings. The molecule has 0 unspecified atom stereocenters. The van der Waals surface area contributed by atoms with Gasteiger partial charge >= 0.3 is 0 Å². The van der Waals surface area contributed by atoms with Gasteiger partial charge in [-0.2, -0.15) is 0 Å². The monoisotopic (exact) mass is 777 g/mol. The van der Waals surface area contributed by atoms with Crippen molar-refractivity contribution in [2.24, 2.45) is 0 Å². The molecule has 4 nitrogen and oxygen atoms in total. The molecule has 0 amide bonds. The Balaban J connectivity index is 1.04. The van der Waals surface area contributed by atoms with Gasteiger partial charge in [-0.3, -0.25) is 0 Å². The molecule has 12 rings (SSSR count). The molecule has 0 saturated carbocycles. The van der Waals surface area contributed by atoms with E-state index in [4.69, 9.17) is 19.4 Å². The van der Waals surface area contributed by atoms with Crippen LogP contribution in [0.15, 0.2) is 217 Å². The number of para-hydroxylation sites is 2. The molecule has 10 aromatic carbocycles. The molecule has 4 heteroatoms. The minimum atomic E-state index is 0.551. The second-order valence-electron chi connectivity index (χ2n) is 15.6. The van der Waals surface area contributed by atoms with Crippen molar-refractivity contribution in [3.8, 4) is 67.5 Å². The number of benzene rings is 10. The quantitative estimate of drug-likeness (QED) is 0.169. The van der Waals surface area contributed by atoms with Gasteiger partial charge in [0.05, 0.1) is 5.56 Å². The summed E-state index contributed by atoms with van der Waals surface area (Å²) in [4.78, 5) is 16.0. The highest BCUT2D eigenvalue weighted by atomic mass is 16.3. The molecule has 0 aliphatic heterocycles. The highest BCUT2D eigenvalue weighted by molar-refractivity contribution is 6.09. The van der Waals surface area contributed by atoms with E-state index in [-0.39, 0.29) is 0 Å². The number of hydrogen-bond acceptors (Lipinski definition) is 4. The van der Waals surface area contributed by atoms with Crippen molar-refractivity contribution in [2.75, 3.05) is 0 Å². The maximum absolute atomic E-state index is 6.56. The van der Waals surface area contributed by atoms with Gasteiger partial charge in [0.15, 0.2) is 17.5 Å². The molecule has 0 N–H and O–H groups in total. The molecular weight excluding hydrogens is 743 g/mol. The van der Waals surface area contributed by atoms with Crippen LogP contribution in [-0.2, 0) is 0 Å². The molecule has 284 valence electrons. The minimum Gasteiger partial charge on any atom is -0.455 e. The van der Waals surface area contributed by atoms with Crippen LogP contribution < -0.4 is 0 Å². The second kappa shape index (κ2) is 14.3. The molecule has 0 spiro atoms. The summed E-state index contributed by atoms with van der Waals surface area (Å²) in [6.07, 6.45) is 0. The summed E-state index contributed by atoms with van der Waals surface area (Å²) in [6, 6.07) is 74.8. The first-order valence-electron chi connectivity index (χ1n) is 20.6. The third-order valence-corrected chi connectivity index (χ3v) is 11.9. The van der Waals surface area contributed by atoms with Crippen molar-refractivity contribution in [3.63, 3.8) is 0 Å². The van der Waals surface area contributed by atoms with Gasteiger partial charge in [-0.15, -0.1) is 0 Å². The standard InChI is InChI=1S/C57H35N3O/c1-2-11-36(12-3-1)43-28-23-39-24-29-44(35-46(39)34-43)38-21-26-41(27-22-38)55-58-56(51-19-10-18-50-49-17-8-9-20-52(49)61-54(50)51)60-57(59-55)53-47-16-7-6-14-40(47)31-32-48(53)45-30-25-37-13-4-5-15-42(37)33-45/h1-35H. The Bertz CT molecular complexity index is 3650. The average Bonchev–Trinajstić information content (AvgIpc) is 3.72. The number of hydrogen-bond donors (Lipinski definition) is 0. The number of aromatic nitrogens is 3. The molecule has 0 bridgehead atoms. The second-order valence-corrected chi connectivity index (χ2v) is 15.6. The topological polar surface area (TPSA) is 51.8 Å². The average molecular weight is 778 g/mol. The van der Waals surface area contributed by atoms with Crippen LogP contribution in [0.2, 0.25) is 0 Å². The zero-order valence-corrected chi connectivity index (χ0v) is 33.0. The van der Waals surface area contributed by atoms with Crippen molar-refractivity contribution >= 4 is 54.3 Å². The highest BCUT2D eigenvalue weighted by Gasteiger charge is 2.21. The molecule has 12 aromatic rings. The summed E-state index contributed by atoms with van der Waals surface area (Å²) in [5, 5.41) is 9.04. The molecule has 0 atom stereocenters. The first-order valence-corrected chi connectivity index (χ1v) is 20.6. The van der Waals surface area contributed by atoms with Gasteiger partial charge in [0.25, 0.3) is 0 Å². The zero-order chi connectivity index (χ0) is 40.3. The fourth-order valence-electron chi connectivity index (χ4n) is 8.82. The smallest absolute Gasteiger partial charge is 0.167 e. The van der Waals surface area contributed by atoms with Crippen molar-refractivity contribution in [3.05, 3.63) is 212 Å². The largest absolute Gasteiger partial charge is 0.455 e. The Morgan fingerprint density at radius 1 is 0.279 bits per heavy atom. The van der Waals surface area contributed by atoms with Crippen molar-refractivity contribution in [1.29, 1.82) is 0 Å². The van der Waals surface area contributed by atoms with Crippen LogP contribution in [0, 0.1) is 0 Å². The predicted molar refractivity (Wildman–Crippen MR) is 252 cm³/mol. The molecule has 61 heavy (non-hydrogen) atoms. The number of furan rings is 1. The summed E-state index contributed by atoms with van der Waals surface area (Å²) in [7, 11) is 0. The zero-order valence-electron chi connectivity index (χ0n) is 33.0. The molecule has 2 heterocycles. The van der Waals surface area contributed by atoms with Gasteiger partial charge in [0.2, 0.25) is 0 Å². The lowest BCUT2D eigenvalue weighted by atomic mass is 9.92. The molecule has 2 aromatic heterocycles. The fraction of sp³-hybridized carbons (Fsp3) is 0. The lowest BCUT2D eigenvalue weighted by molar-refractivity contribution is 0.669. The maximum Gasteiger partial charge on any atom is 0.167 e. The van der Waals surface area contributed by atoms with Gasteiger partial charge in [0.1, 0.15) is 11.2 Å². The van der Waals surface area contributed by atoms with Crippen LogP contribution in [0.5, 0.6) is 0 Å². The van der Waals surface area contributed by atoms with E-state index in [9.17, 15) is 0 Å². The minimum absolute atomic E-state index is 0.551. The van der Waals surface area contributed by atoms with Crippen molar-refractivity contribution in [2.45, 2.75) is 0 Å². The Labute approximate surface area is 352 Å². The fourth-order valence-corrected chi connectivity index (χ4v) is 8.82. The Kier molecular flexibility index (Phi) is 8.13. The summed E-state index contributed by atoms with van der Waals surface area (Å²) >= 11 is 0. The Morgan fingerprint density at radius 3 is 1.62 bits per heavy atom.